The third kappa shape index (κ3) is 3.45. The van der Waals surface area contributed by atoms with Gasteiger partial charge in [-0.05, 0) is 17.7 Å². The quantitative estimate of drug-likeness (QED) is 0.620. The lowest BCUT2D eigenvalue weighted by Gasteiger charge is -2.45. The number of hydrogen-bond acceptors (Lipinski definition) is 7. The average molecular weight is 399 g/mol. The van der Waals surface area contributed by atoms with Gasteiger partial charge in [-0.25, -0.2) is 0 Å². The minimum Gasteiger partial charge on any atom is -0.394 e. The zero-order valence-corrected chi connectivity index (χ0v) is 15.4. The molecule has 0 unspecified atom stereocenters. The number of ether oxygens (including phenoxy) is 2. The largest absolute Gasteiger partial charge is 0.394 e. The van der Waals surface area contributed by atoms with E-state index < -0.39 is 49.1 Å². The molecular formula is C21H21NO7. The molecule has 3 N–H and O–H groups in total. The third-order valence-electron chi connectivity index (χ3n) is 5.25. The van der Waals surface area contributed by atoms with Crippen molar-refractivity contribution in [3.63, 3.8) is 0 Å². The van der Waals surface area contributed by atoms with Crippen LogP contribution in [0.15, 0.2) is 54.6 Å². The summed E-state index contributed by atoms with van der Waals surface area (Å²) in [6, 6.07) is 14.2. The molecular weight excluding hydrogens is 378 g/mol. The molecule has 0 aliphatic carbocycles. The fourth-order valence-corrected chi connectivity index (χ4v) is 3.78. The van der Waals surface area contributed by atoms with Crippen molar-refractivity contribution in [3.05, 3.63) is 71.3 Å². The first kappa shape index (κ1) is 19.7. The van der Waals surface area contributed by atoms with Crippen LogP contribution in [0.5, 0.6) is 0 Å². The first-order chi connectivity index (χ1) is 14.0. The van der Waals surface area contributed by atoms with Gasteiger partial charge in [-0.3, -0.25) is 14.5 Å². The van der Waals surface area contributed by atoms with Crippen LogP contribution in [0.25, 0.3) is 0 Å². The van der Waals surface area contributed by atoms with Gasteiger partial charge >= 0.3 is 0 Å². The fourth-order valence-electron chi connectivity index (χ4n) is 3.78. The number of rotatable bonds is 5. The monoisotopic (exact) mass is 399 g/mol. The Morgan fingerprint density at radius 3 is 2.10 bits per heavy atom. The molecule has 0 saturated carbocycles. The highest BCUT2D eigenvalue weighted by atomic mass is 16.6. The Kier molecular flexibility index (Phi) is 5.44. The normalized spacial score (nSPS) is 29.2. The predicted molar refractivity (Wildman–Crippen MR) is 99.7 cm³/mol. The molecule has 0 spiro atoms. The molecule has 0 radical (unpaired) electrons. The van der Waals surface area contributed by atoms with E-state index in [1.54, 1.807) is 12.1 Å². The maximum absolute atomic E-state index is 12.9. The van der Waals surface area contributed by atoms with E-state index in [-0.39, 0.29) is 17.7 Å². The Bertz CT molecular complexity index is 868. The number of carbonyl (C=O) groups is 2. The van der Waals surface area contributed by atoms with Crippen LogP contribution >= 0.6 is 0 Å². The van der Waals surface area contributed by atoms with Crippen molar-refractivity contribution >= 4 is 11.8 Å². The second-order valence-electron chi connectivity index (χ2n) is 7.02. The van der Waals surface area contributed by atoms with Crippen LogP contribution in [-0.4, -0.2) is 69.3 Å². The summed E-state index contributed by atoms with van der Waals surface area (Å²) >= 11 is 0. The summed E-state index contributed by atoms with van der Waals surface area (Å²) in [6.07, 6.45) is -5.25. The van der Waals surface area contributed by atoms with Crippen LogP contribution in [0.2, 0.25) is 0 Å². The fraction of sp³-hybridized carbons (Fsp3) is 0.333. The SMILES string of the molecule is O=C1c2ccccc2C(=O)N1[C@@H]1[C@@H](OCc2ccccc2)[C@H](O)[C@@H](CO)O[C@H]1O. The number of aliphatic hydroxyl groups excluding tert-OH is 3. The maximum Gasteiger partial charge on any atom is 0.262 e. The van der Waals surface area contributed by atoms with Gasteiger partial charge in [0, 0.05) is 0 Å². The molecule has 2 heterocycles. The van der Waals surface area contributed by atoms with Gasteiger partial charge in [0.2, 0.25) is 0 Å². The summed E-state index contributed by atoms with van der Waals surface area (Å²) in [7, 11) is 0. The van der Waals surface area contributed by atoms with E-state index in [2.05, 4.69) is 0 Å². The Morgan fingerprint density at radius 1 is 0.931 bits per heavy atom. The Hall–Kier alpha value is -2.62. The molecule has 2 aliphatic rings. The van der Waals surface area contributed by atoms with Gasteiger partial charge < -0.3 is 24.8 Å². The number of amides is 2. The van der Waals surface area contributed by atoms with Gasteiger partial charge in [0.15, 0.2) is 6.29 Å². The minimum absolute atomic E-state index is 0.0765. The molecule has 0 aromatic heterocycles. The Labute approximate surface area is 166 Å². The van der Waals surface area contributed by atoms with Gasteiger partial charge in [0.25, 0.3) is 11.8 Å². The second-order valence-corrected chi connectivity index (χ2v) is 7.02. The van der Waals surface area contributed by atoms with E-state index in [0.717, 1.165) is 10.5 Å². The molecule has 1 fully saturated rings. The van der Waals surface area contributed by atoms with Gasteiger partial charge in [-0.15, -0.1) is 0 Å². The maximum atomic E-state index is 12.9. The van der Waals surface area contributed by atoms with E-state index >= 15 is 0 Å². The van der Waals surface area contributed by atoms with Crippen LogP contribution in [0.4, 0.5) is 0 Å². The summed E-state index contributed by atoms with van der Waals surface area (Å²) in [5.41, 5.74) is 1.23. The molecule has 2 aliphatic heterocycles. The van der Waals surface area contributed by atoms with Crippen molar-refractivity contribution in [1.82, 2.24) is 4.90 Å². The lowest BCUT2D eigenvalue weighted by atomic mass is 9.95. The van der Waals surface area contributed by atoms with Crippen molar-refractivity contribution < 1.29 is 34.4 Å². The summed E-state index contributed by atoms with van der Waals surface area (Å²) in [5, 5.41) is 30.7. The Morgan fingerprint density at radius 2 is 1.52 bits per heavy atom. The van der Waals surface area contributed by atoms with Crippen molar-refractivity contribution in [2.75, 3.05) is 6.61 Å². The number of nitrogens with zero attached hydrogens (tertiary/aromatic N) is 1. The highest BCUT2D eigenvalue weighted by Crippen LogP contribution is 2.33. The average Bonchev–Trinajstić information content (AvgIpc) is 2.99. The van der Waals surface area contributed by atoms with Crippen LogP contribution in [0, 0.1) is 0 Å². The lowest BCUT2D eigenvalue weighted by Crippen LogP contribution is -2.65. The van der Waals surface area contributed by atoms with E-state index in [4.69, 9.17) is 9.47 Å². The molecule has 2 aromatic rings. The zero-order chi connectivity index (χ0) is 20.5. The van der Waals surface area contributed by atoms with E-state index in [9.17, 15) is 24.9 Å². The van der Waals surface area contributed by atoms with Crippen LogP contribution in [0.1, 0.15) is 26.3 Å². The summed E-state index contributed by atoms with van der Waals surface area (Å²) in [6.45, 7) is -0.481. The Balaban J connectivity index is 1.65. The first-order valence-electron chi connectivity index (χ1n) is 9.28. The number of hydrogen-bond donors (Lipinski definition) is 3. The van der Waals surface area contributed by atoms with Crippen molar-refractivity contribution in [3.8, 4) is 0 Å². The smallest absolute Gasteiger partial charge is 0.262 e. The molecule has 4 rings (SSSR count). The van der Waals surface area contributed by atoms with Crippen LogP contribution < -0.4 is 0 Å². The summed E-state index contributed by atoms with van der Waals surface area (Å²) < 4.78 is 11.1. The second kappa shape index (κ2) is 8.02. The highest BCUT2D eigenvalue weighted by Gasteiger charge is 2.53. The number of fused-ring (bicyclic) bond motifs is 1. The lowest BCUT2D eigenvalue weighted by molar-refractivity contribution is -0.273. The van der Waals surface area contributed by atoms with Crippen molar-refractivity contribution in [2.24, 2.45) is 0 Å². The molecule has 29 heavy (non-hydrogen) atoms. The first-order valence-corrected chi connectivity index (χ1v) is 9.28. The predicted octanol–water partition coefficient (Wildman–Crippen LogP) is 0.307. The molecule has 8 heteroatoms. The van der Waals surface area contributed by atoms with Crippen molar-refractivity contribution in [1.29, 1.82) is 0 Å². The van der Waals surface area contributed by atoms with Crippen LogP contribution in [-0.2, 0) is 16.1 Å². The van der Waals surface area contributed by atoms with Gasteiger partial charge in [0.05, 0.1) is 24.3 Å². The molecule has 2 aromatic carbocycles. The van der Waals surface area contributed by atoms with Crippen molar-refractivity contribution in [2.45, 2.75) is 37.3 Å². The molecule has 0 bridgehead atoms. The highest BCUT2D eigenvalue weighted by molar-refractivity contribution is 6.21. The van der Waals surface area contributed by atoms with E-state index in [0.29, 0.717) is 0 Å². The van der Waals surface area contributed by atoms with Crippen LogP contribution in [0.3, 0.4) is 0 Å². The van der Waals surface area contributed by atoms with E-state index in [1.807, 2.05) is 30.3 Å². The van der Waals surface area contributed by atoms with Gasteiger partial charge in [0.1, 0.15) is 24.4 Å². The zero-order valence-electron chi connectivity index (χ0n) is 15.4. The number of carbonyl (C=O) groups excluding carboxylic acids is 2. The molecule has 5 atom stereocenters. The van der Waals surface area contributed by atoms with E-state index in [1.165, 1.54) is 12.1 Å². The summed E-state index contributed by atoms with van der Waals surface area (Å²) in [4.78, 5) is 26.6. The molecule has 2 amide bonds. The third-order valence-corrected chi connectivity index (χ3v) is 5.25. The number of aliphatic hydroxyl groups is 3. The van der Waals surface area contributed by atoms with Gasteiger partial charge in [-0.2, -0.15) is 0 Å². The number of imide groups is 1. The molecule has 152 valence electrons. The summed E-state index contributed by atoms with van der Waals surface area (Å²) in [5.74, 6) is -1.19. The molecule has 8 nitrogen and oxygen atoms in total. The molecule has 1 saturated heterocycles. The topological polar surface area (TPSA) is 117 Å². The standard InChI is InChI=1S/C21H21NO7/c23-10-15-17(24)18(28-11-12-6-2-1-3-7-12)16(21(27)29-15)22-19(25)13-8-4-5-9-14(13)20(22)26/h1-9,15-18,21,23-24,27H,10-11H2/t15-,16-,17-,18-,21-/m1/s1. The van der Waals surface area contributed by atoms with Gasteiger partial charge in [-0.1, -0.05) is 42.5 Å². The minimum atomic E-state index is -1.63. The number of benzene rings is 2.